The molecule has 0 radical (unpaired) electrons. The molecule has 0 aliphatic carbocycles. The van der Waals surface area contributed by atoms with Crippen LogP contribution in [0.5, 0.6) is 0 Å². The molecule has 0 saturated carbocycles. The van der Waals surface area contributed by atoms with Crippen LogP contribution in [0.1, 0.15) is 30.9 Å². The van der Waals surface area contributed by atoms with Gasteiger partial charge in [0.05, 0.1) is 23.2 Å². The third-order valence-corrected chi connectivity index (χ3v) is 9.39. The zero-order valence-electron chi connectivity index (χ0n) is 18.7. The summed E-state index contributed by atoms with van der Waals surface area (Å²) in [7, 11) is 0. The lowest BCUT2D eigenvalue weighted by Gasteiger charge is -2.37. The first-order chi connectivity index (χ1) is 15.1. The molecule has 32 heavy (non-hydrogen) atoms. The van der Waals surface area contributed by atoms with Gasteiger partial charge in [-0.2, -0.15) is 0 Å². The fraction of sp³-hybridized carbons (Fsp3) is 0.542. The Morgan fingerprint density at radius 3 is 2.53 bits per heavy atom. The highest BCUT2D eigenvalue weighted by molar-refractivity contribution is 8.02. The van der Waals surface area contributed by atoms with Crippen LogP contribution in [0.2, 0.25) is 0 Å². The van der Waals surface area contributed by atoms with Crippen molar-refractivity contribution in [3.63, 3.8) is 0 Å². The number of carbonyl (C=O) groups is 3. The number of amides is 2. The molecule has 5 atom stereocenters. The first-order valence-electron chi connectivity index (χ1n) is 11.0. The van der Waals surface area contributed by atoms with Gasteiger partial charge in [0.1, 0.15) is 6.04 Å². The van der Waals surface area contributed by atoms with E-state index in [1.165, 1.54) is 16.7 Å². The Labute approximate surface area is 192 Å². The molecule has 2 amide bonds. The number of anilines is 1. The number of aryl methyl sites for hydroxylation is 2. The van der Waals surface area contributed by atoms with E-state index in [1.807, 2.05) is 39.0 Å². The Morgan fingerprint density at radius 2 is 1.97 bits per heavy atom. The number of hydrogen-bond acceptors (Lipinski definition) is 5. The van der Waals surface area contributed by atoms with E-state index in [2.05, 4.69) is 6.58 Å². The monoisotopic (exact) mass is 458 g/mol. The van der Waals surface area contributed by atoms with Crippen LogP contribution in [0.4, 0.5) is 5.69 Å². The molecular weight excluding hydrogens is 428 g/mol. The van der Waals surface area contributed by atoms with E-state index in [0.29, 0.717) is 12.8 Å². The lowest BCUT2D eigenvalue weighted by molar-refractivity contribution is -0.150. The molecule has 7 nitrogen and oxygen atoms in total. The van der Waals surface area contributed by atoms with Crippen LogP contribution in [0.25, 0.3) is 0 Å². The predicted octanol–water partition coefficient (Wildman–Crippen LogP) is 2.38. The van der Waals surface area contributed by atoms with E-state index in [1.54, 1.807) is 11.0 Å². The summed E-state index contributed by atoms with van der Waals surface area (Å²) in [6.45, 7) is 9.60. The third kappa shape index (κ3) is 3.03. The molecule has 8 heteroatoms. The summed E-state index contributed by atoms with van der Waals surface area (Å²) in [5.74, 6) is -3.18. The van der Waals surface area contributed by atoms with Crippen molar-refractivity contribution in [2.75, 3.05) is 24.6 Å². The van der Waals surface area contributed by atoms with Crippen LogP contribution in [-0.4, -0.2) is 68.1 Å². The van der Waals surface area contributed by atoms with Crippen molar-refractivity contribution in [3.8, 4) is 0 Å². The van der Waals surface area contributed by atoms with Gasteiger partial charge >= 0.3 is 5.97 Å². The first kappa shape index (κ1) is 22.9. The van der Waals surface area contributed by atoms with Crippen LogP contribution in [0.15, 0.2) is 30.9 Å². The standard InChI is InChI=1S/C24H30N2O5S/c1-5-11-25(18-14(2)7-6-8-15(18)3)21(29)19-24-10-9-23(4,32-24)17(22(30)31)16(24)20(28)26(19)12-13-27/h5-8,16-17,19,27H,1,9-13H2,2-4H3,(H,30,31)/t16-,17-,19?,23+,24?/m0/s1. The fourth-order valence-corrected chi connectivity index (χ4v) is 8.57. The smallest absolute Gasteiger partial charge is 0.308 e. The van der Waals surface area contributed by atoms with Gasteiger partial charge in [-0.15, -0.1) is 18.3 Å². The number of aliphatic hydroxyl groups is 1. The molecule has 2 unspecified atom stereocenters. The summed E-state index contributed by atoms with van der Waals surface area (Å²) in [6, 6.07) is 4.98. The Kier molecular flexibility index (Phi) is 5.66. The fourth-order valence-electron chi connectivity index (χ4n) is 6.23. The van der Waals surface area contributed by atoms with Gasteiger partial charge < -0.3 is 20.0 Å². The number of β-amino-alcohol motifs (C(OH)–C–C–N with tert-alkyl or cyclic N) is 1. The number of thioether (sulfide) groups is 1. The number of hydrogen-bond donors (Lipinski definition) is 2. The number of carbonyl (C=O) groups excluding carboxylic acids is 2. The third-order valence-electron chi connectivity index (χ3n) is 7.40. The maximum Gasteiger partial charge on any atom is 0.308 e. The van der Waals surface area contributed by atoms with E-state index in [9.17, 15) is 24.6 Å². The second-order valence-electron chi connectivity index (χ2n) is 9.30. The van der Waals surface area contributed by atoms with Gasteiger partial charge in [-0.1, -0.05) is 24.3 Å². The molecule has 172 valence electrons. The van der Waals surface area contributed by atoms with Gasteiger partial charge in [-0.25, -0.2) is 0 Å². The Hall–Kier alpha value is -2.32. The van der Waals surface area contributed by atoms with Crippen LogP contribution in [0.3, 0.4) is 0 Å². The summed E-state index contributed by atoms with van der Waals surface area (Å²) >= 11 is 1.50. The maximum absolute atomic E-state index is 14.2. The van der Waals surface area contributed by atoms with Crippen molar-refractivity contribution in [2.45, 2.75) is 49.1 Å². The molecule has 3 heterocycles. The largest absolute Gasteiger partial charge is 0.481 e. The van der Waals surface area contributed by atoms with Gasteiger partial charge in [-0.3, -0.25) is 14.4 Å². The number of aliphatic hydroxyl groups excluding tert-OH is 1. The van der Waals surface area contributed by atoms with Crippen molar-refractivity contribution in [1.29, 1.82) is 0 Å². The molecule has 2 bridgehead atoms. The number of likely N-dealkylation sites (tertiary alicyclic amines) is 1. The van der Waals surface area contributed by atoms with Gasteiger partial charge in [0.2, 0.25) is 5.91 Å². The summed E-state index contributed by atoms with van der Waals surface area (Å²) in [5, 5.41) is 19.7. The molecule has 0 aromatic heterocycles. The maximum atomic E-state index is 14.2. The minimum absolute atomic E-state index is 0.00574. The lowest BCUT2D eigenvalue weighted by Crippen LogP contribution is -2.55. The van der Waals surface area contributed by atoms with Gasteiger partial charge in [0.25, 0.3) is 5.91 Å². The molecule has 3 aliphatic rings. The number of carboxylic acid groups (broad SMARTS) is 1. The first-order valence-corrected chi connectivity index (χ1v) is 11.8. The van der Waals surface area contributed by atoms with Crippen LogP contribution in [0, 0.1) is 25.7 Å². The lowest BCUT2D eigenvalue weighted by atomic mass is 9.66. The number of fused-ring (bicyclic) bond motifs is 1. The zero-order valence-corrected chi connectivity index (χ0v) is 19.5. The number of carboxylic acids is 1. The van der Waals surface area contributed by atoms with E-state index < -0.39 is 33.3 Å². The van der Waals surface area contributed by atoms with Crippen LogP contribution >= 0.6 is 11.8 Å². The Morgan fingerprint density at radius 1 is 1.31 bits per heavy atom. The topological polar surface area (TPSA) is 98.2 Å². The molecule has 3 aliphatic heterocycles. The number of para-hydroxylation sites is 1. The quantitative estimate of drug-likeness (QED) is 0.609. The van der Waals surface area contributed by atoms with E-state index >= 15 is 0 Å². The highest BCUT2D eigenvalue weighted by atomic mass is 32.2. The highest BCUT2D eigenvalue weighted by Crippen LogP contribution is 2.71. The predicted molar refractivity (Wildman–Crippen MR) is 124 cm³/mol. The molecular formula is C24H30N2O5S. The number of aliphatic carboxylic acids is 1. The molecule has 1 aromatic rings. The number of nitrogens with zero attached hydrogens (tertiary/aromatic N) is 2. The van der Waals surface area contributed by atoms with E-state index in [0.717, 1.165) is 16.8 Å². The van der Waals surface area contributed by atoms with Crippen molar-refractivity contribution < 1.29 is 24.6 Å². The summed E-state index contributed by atoms with van der Waals surface area (Å²) in [5.41, 5.74) is 2.66. The van der Waals surface area contributed by atoms with Crippen molar-refractivity contribution in [2.24, 2.45) is 11.8 Å². The number of rotatable bonds is 7. The van der Waals surface area contributed by atoms with Crippen molar-refractivity contribution in [1.82, 2.24) is 4.90 Å². The van der Waals surface area contributed by atoms with Crippen molar-refractivity contribution >= 4 is 35.2 Å². The summed E-state index contributed by atoms with van der Waals surface area (Å²) in [4.78, 5) is 43.1. The molecule has 1 spiro atoms. The Bertz CT molecular complexity index is 976. The summed E-state index contributed by atoms with van der Waals surface area (Å²) < 4.78 is -1.39. The average Bonchev–Trinajstić information content (AvgIpc) is 3.28. The molecule has 3 fully saturated rings. The molecule has 4 rings (SSSR count). The molecule has 3 saturated heterocycles. The van der Waals surface area contributed by atoms with Gasteiger partial charge in [0, 0.05) is 23.5 Å². The average molecular weight is 459 g/mol. The highest BCUT2D eigenvalue weighted by Gasteiger charge is 2.77. The van der Waals surface area contributed by atoms with E-state index in [-0.39, 0.29) is 31.5 Å². The van der Waals surface area contributed by atoms with Gasteiger partial charge in [-0.05, 0) is 44.7 Å². The Balaban J connectivity index is 1.84. The SMILES string of the molecule is C=CCN(C(=O)C1N(CCO)C(=O)[C@@H]2[C@@H](C(=O)O)[C@@]3(C)CCC12S3)c1c(C)cccc1C. The van der Waals surface area contributed by atoms with Crippen LogP contribution < -0.4 is 4.90 Å². The molecule has 1 aromatic carbocycles. The second kappa shape index (κ2) is 7.92. The van der Waals surface area contributed by atoms with Gasteiger partial charge in [0.15, 0.2) is 0 Å². The minimum Gasteiger partial charge on any atom is -0.481 e. The molecule has 2 N–H and O–H groups in total. The normalized spacial score (nSPS) is 32.8. The number of benzene rings is 1. The second-order valence-corrected chi connectivity index (χ2v) is 11.2. The minimum atomic E-state index is -0.991. The van der Waals surface area contributed by atoms with Crippen molar-refractivity contribution in [3.05, 3.63) is 42.0 Å². The summed E-state index contributed by atoms with van der Waals surface area (Å²) in [6.07, 6.45) is 2.90. The van der Waals surface area contributed by atoms with E-state index in [4.69, 9.17) is 0 Å². The zero-order chi connectivity index (χ0) is 23.4. The van der Waals surface area contributed by atoms with Crippen LogP contribution in [-0.2, 0) is 14.4 Å².